The lowest BCUT2D eigenvalue weighted by Crippen LogP contribution is -2.34. The van der Waals surface area contributed by atoms with E-state index in [2.05, 4.69) is 18.3 Å². The summed E-state index contributed by atoms with van der Waals surface area (Å²) in [5.74, 6) is 1.07. The molecule has 0 spiro atoms. The van der Waals surface area contributed by atoms with E-state index in [-0.39, 0.29) is 5.56 Å². The van der Waals surface area contributed by atoms with Gasteiger partial charge < -0.3 is 9.88 Å². The standard InChI is InChI=1S/C12H18N2O/c1-9-6-10(7-13-2)11-4-3-5-12(15)14(11)8-9/h3-5,9-10,13H,6-8H2,1-2H3/t9-,10-/m0/s1. The molecule has 0 unspecified atom stereocenters. The molecule has 15 heavy (non-hydrogen) atoms. The minimum absolute atomic E-state index is 0.139. The van der Waals surface area contributed by atoms with Crippen molar-refractivity contribution in [3.05, 3.63) is 34.2 Å². The van der Waals surface area contributed by atoms with Gasteiger partial charge in [0.25, 0.3) is 5.56 Å². The lowest BCUT2D eigenvalue weighted by Gasteiger charge is -2.30. The van der Waals surface area contributed by atoms with Gasteiger partial charge in [-0.25, -0.2) is 0 Å². The molecule has 0 amide bonds. The number of hydrogen-bond acceptors (Lipinski definition) is 2. The molecule has 1 N–H and O–H groups in total. The second-order valence-electron chi connectivity index (χ2n) is 4.49. The Hall–Kier alpha value is -1.09. The lowest BCUT2D eigenvalue weighted by molar-refractivity contribution is 0.335. The van der Waals surface area contributed by atoms with Crippen LogP contribution in [0.1, 0.15) is 25.0 Å². The molecule has 0 bridgehead atoms. The highest BCUT2D eigenvalue weighted by molar-refractivity contribution is 5.15. The van der Waals surface area contributed by atoms with Gasteiger partial charge in [-0.3, -0.25) is 4.79 Å². The Bertz CT molecular complexity index is 397. The zero-order chi connectivity index (χ0) is 10.8. The average Bonchev–Trinajstić information content (AvgIpc) is 2.20. The van der Waals surface area contributed by atoms with E-state index in [0.29, 0.717) is 11.8 Å². The maximum Gasteiger partial charge on any atom is 0.250 e. The van der Waals surface area contributed by atoms with E-state index in [9.17, 15) is 4.79 Å². The van der Waals surface area contributed by atoms with Gasteiger partial charge in [0, 0.05) is 30.8 Å². The number of nitrogens with one attached hydrogen (secondary N) is 1. The van der Waals surface area contributed by atoms with E-state index in [0.717, 1.165) is 13.1 Å². The van der Waals surface area contributed by atoms with Gasteiger partial charge in [-0.05, 0) is 25.5 Å². The first-order valence-corrected chi connectivity index (χ1v) is 5.56. The summed E-state index contributed by atoms with van der Waals surface area (Å²) in [6.45, 7) is 4.04. The summed E-state index contributed by atoms with van der Waals surface area (Å²) < 4.78 is 1.93. The maximum atomic E-state index is 11.7. The van der Waals surface area contributed by atoms with Crippen LogP contribution in [-0.2, 0) is 6.54 Å². The van der Waals surface area contributed by atoms with Crippen LogP contribution < -0.4 is 10.9 Å². The van der Waals surface area contributed by atoms with Crippen LogP contribution >= 0.6 is 0 Å². The van der Waals surface area contributed by atoms with Crippen LogP contribution in [0.3, 0.4) is 0 Å². The third kappa shape index (κ3) is 1.97. The minimum Gasteiger partial charge on any atom is -0.319 e. The summed E-state index contributed by atoms with van der Waals surface area (Å²) in [4.78, 5) is 11.7. The van der Waals surface area contributed by atoms with Gasteiger partial charge >= 0.3 is 0 Å². The van der Waals surface area contributed by atoms with E-state index in [4.69, 9.17) is 0 Å². The number of rotatable bonds is 2. The molecule has 1 aromatic rings. The van der Waals surface area contributed by atoms with Crippen molar-refractivity contribution < 1.29 is 0 Å². The van der Waals surface area contributed by atoms with Crippen LogP contribution in [0.25, 0.3) is 0 Å². The molecule has 2 atom stereocenters. The van der Waals surface area contributed by atoms with Gasteiger partial charge in [0.1, 0.15) is 0 Å². The topological polar surface area (TPSA) is 34.0 Å². The van der Waals surface area contributed by atoms with Crippen LogP contribution in [0.15, 0.2) is 23.0 Å². The van der Waals surface area contributed by atoms with Crippen molar-refractivity contribution in [1.82, 2.24) is 9.88 Å². The molecule has 0 aromatic carbocycles. The van der Waals surface area contributed by atoms with E-state index >= 15 is 0 Å². The molecule has 1 aliphatic rings. The van der Waals surface area contributed by atoms with Gasteiger partial charge in [0.05, 0.1) is 0 Å². The summed E-state index contributed by atoms with van der Waals surface area (Å²) in [6.07, 6.45) is 1.17. The predicted octanol–water partition coefficient (Wildman–Crippen LogP) is 1.19. The average molecular weight is 206 g/mol. The van der Waals surface area contributed by atoms with E-state index in [1.165, 1.54) is 12.1 Å². The number of likely N-dealkylation sites (N-methyl/N-ethyl adjacent to an activating group) is 1. The fourth-order valence-corrected chi connectivity index (χ4v) is 2.52. The quantitative estimate of drug-likeness (QED) is 0.788. The Morgan fingerprint density at radius 1 is 1.53 bits per heavy atom. The number of aromatic nitrogens is 1. The van der Waals surface area contributed by atoms with Gasteiger partial charge in [-0.15, -0.1) is 0 Å². The summed E-state index contributed by atoms with van der Waals surface area (Å²) >= 11 is 0. The molecule has 0 saturated carbocycles. The van der Waals surface area contributed by atoms with Crippen molar-refractivity contribution in [2.75, 3.05) is 13.6 Å². The van der Waals surface area contributed by atoms with Crippen molar-refractivity contribution in [1.29, 1.82) is 0 Å². The van der Waals surface area contributed by atoms with Crippen molar-refractivity contribution in [2.24, 2.45) is 5.92 Å². The number of hydrogen-bond donors (Lipinski definition) is 1. The molecule has 1 aliphatic heterocycles. The maximum absolute atomic E-state index is 11.7. The van der Waals surface area contributed by atoms with Crippen molar-refractivity contribution in [3.63, 3.8) is 0 Å². The van der Waals surface area contributed by atoms with Gasteiger partial charge in [0.15, 0.2) is 0 Å². The first kappa shape index (κ1) is 10.4. The zero-order valence-electron chi connectivity index (χ0n) is 9.36. The molecule has 0 radical (unpaired) electrons. The molecule has 2 rings (SSSR count). The number of nitrogens with zero attached hydrogens (tertiary/aromatic N) is 1. The van der Waals surface area contributed by atoms with Crippen LogP contribution in [0.5, 0.6) is 0 Å². The van der Waals surface area contributed by atoms with E-state index < -0.39 is 0 Å². The van der Waals surface area contributed by atoms with Crippen molar-refractivity contribution >= 4 is 0 Å². The molecule has 3 nitrogen and oxygen atoms in total. The smallest absolute Gasteiger partial charge is 0.250 e. The first-order valence-electron chi connectivity index (χ1n) is 5.56. The second kappa shape index (κ2) is 4.19. The lowest BCUT2D eigenvalue weighted by atomic mass is 9.88. The molecular weight excluding hydrogens is 188 g/mol. The Morgan fingerprint density at radius 2 is 2.33 bits per heavy atom. The van der Waals surface area contributed by atoms with Crippen molar-refractivity contribution in [2.45, 2.75) is 25.8 Å². The van der Waals surface area contributed by atoms with Crippen LogP contribution in [-0.4, -0.2) is 18.2 Å². The normalized spacial score (nSPS) is 24.9. The Kier molecular flexibility index (Phi) is 2.91. The Morgan fingerprint density at radius 3 is 3.07 bits per heavy atom. The molecule has 1 aromatic heterocycles. The third-order valence-electron chi connectivity index (χ3n) is 3.13. The fraction of sp³-hybridized carbons (Fsp3) is 0.583. The first-order chi connectivity index (χ1) is 7.22. The molecule has 3 heteroatoms. The number of pyridine rings is 1. The fourth-order valence-electron chi connectivity index (χ4n) is 2.52. The Balaban J connectivity index is 2.42. The molecule has 0 fully saturated rings. The second-order valence-corrected chi connectivity index (χ2v) is 4.49. The van der Waals surface area contributed by atoms with Crippen molar-refractivity contribution in [3.8, 4) is 0 Å². The summed E-state index contributed by atoms with van der Waals surface area (Å²) in [5.41, 5.74) is 1.33. The molecule has 2 heterocycles. The minimum atomic E-state index is 0.139. The third-order valence-corrected chi connectivity index (χ3v) is 3.13. The van der Waals surface area contributed by atoms with Crippen LogP contribution in [0.2, 0.25) is 0 Å². The van der Waals surface area contributed by atoms with Crippen LogP contribution in [0.4, 0.5) is 0 Å². The SMILES string of the molecule is CNC[C@@H]1C[C@H](C)Cn2c1cccc2=O. The summed E-state index contributed by atoms with van der Waals surface area (Å²) in [5, 5.41) is 3.20. The predicted molar refractivity (Wildman–Crippen MR) is 61.2 cm³/mol. The summed E-state index contributed by atoms with van der Waals surface area (Å²) in [7, 11) is 1.96. The summed E-state index contributed by atoms with van der Waals surface area (Å²) in [6, 6.07) is 5.60. The van der Waals surface area contributed by atoms with Crippen LogP contribution in [0, 0.1) is 5.92 Å². The molecular formula is C12H18N2O. The van der Waals surface area contributed by atoms with Gasteiger partial charge in [0.2, 0.25) is 0 Å². The highest BCUT2D eigenvalue weighted by Crippen LogP contribution is 2.28. The van der Waals surface area contributed by atoms with Gasteiger partial charge in [-0.2, -0.15) is 0 Å². The molecule has 0 aliphatic carbocycles. The number of fused-ring (bicyclic) bond motifs is 1. The Labute approximate surface area is 90.1 Å². The van der Waals surface area contributed by atoms with E-state index in [1.807, 2.05) is 17.7 Å². The van der Waals surface area contributed by atoms with E-state index in [1.54, 1.807) is 6.07 Å². The van der Waals surface area contributed by atoms with Gasteiger partial charge in [-0.1, -0.05) is 13.0 Å². The molecule has 0 saturated heterocycles. The molecule has 82 valence electrons. The monoisotopic (exact) mass is 206 g/mol. The highest BCUT2D eigenvalue weighted by Gasteiger charge is 2.24. The largest absolute Gasteiger partial charge is 0.319 e. The zero-order valence-corrected chi connectivity index (χ0v) is 9.36. The highest BCUT2D eigenvalue weighted by atomic mass is 16.1.